The quantitative estimate of drug-likeness (QED) is 0.836. The summed E-state index contributed by atoms with van der Waals surface area (Å²) in [6, 6.07) is 0.967. The maximum absolute atomic E-state index is 12.8. The maximum Gasteiger partial charge on any atom is 0.240 e. The third kappa shape index (κ3) is 3.34. The lowest BCUT2D eigenvalue weighted by Crippen LogP contribution is -2.58. The largest absolute Gasteiger partial charge is 0.334 e. The van der Waals surface area contributed by atoms with Gasteiger partial charge in [-0.15, -0.1) is 0 Å². The van der Waals surface area contributed by atoms with E-state index >= 15 is 0 Å². The standard InChI is InChI=1S/C16H31N3O/c1-11(2)15(17)16(20)19(12-9-10-12)14-8-6-5-7-13(14)18(3)4/h11-15H,5-10,17H2,1-4H3/t13-,14+,15-/m0/s1. The molecular formula is C16H31N3O. The number of carbonyl (C=O) groups excluding carboxylic acids is 1. The fourth-order valence-corrected chi connectivity index (χ4v) is 3.44. The summed E-state index contributed by atoms with van der Waals surface area (Å²) in [5, 5.41) is 0. The molecule has 0 heterocycles. The average molecular weight is 281 g/mol. The van der Waals surface area contributed by atoms with Crippen molar-refractivity contribution in [2.45, 2.75) is 76.5 Å². The number of hydrogen-bond donors (Lipinski definition) is 1. The Labute approximate surface area is 123 Å². The lowest BCUT2D eigenvalue weighted by molar-refractivity contribution is -0.139. The minimum atomic E-state index is -0.347. The summed E-state index contributed by atoms with van der Waals surface area (Å²) in [7, 11) is 4.28. The Morgan fingerprint density at radius 3 is 2.05 bits per heavy atom. The Hall–Kier alpha value is -0.610. The van der Waals surface area contributed by atoms with E-state index in [1.807, 2.05) is 13.8 Å². The van der Waals surface area contributed by atoms with Crippen LogP contribution in [0.25, 0.3) is 0 Å². The summed E-state index contributed by atoms with van der Waals surface area (Å²) in [4.78, 5) is 17.3. The molecule has 4 nitrogen and oxygen atoms in total. The van der Waals surface area contributed by atoms with Gasteiger partial charge in [-0.2, -0.15) is 0 Å². The highest BCUT2D eigenvalue weighted by molar-refractivity contribution is 5.83. The van der Waals surface area contributed by atoms with Crippen LogP contribution in [-0.4, -0.2) is 54.0 Å². The van der Waals surface area contributed by atoms with Crippen molar-refractivity contribution in [3.8, 4) is 0 Å². The van der Waals surface area contributed by atoms with Gasteiger partial charge in [-0.05, 0) is 45.7 Å². The summed E-state index contributed by atoms with van der Waals surface area (Å²) in [5.41, 5.74) is 6.15. The van der Waals surface area contributed by atoms with Gasteiger partial charge in [0.25, 0.3) is 0 Å². The molecule has 0 radical (unpaired) electrons. The summed E-state index contributed by atoms with van der Waals surface area (Å²) < 4.78 is 0. The molecule has 0 saturated heterocycles. The van der Waals surface area contributed by atoms with Crippen LogP contribution in [0.4, 0.5) is 0 Å². The highest BCUT2D eigenvalue weighted by Gasteiger charge is 2.43. The van der Waals surface area contributed by atoms with Crippen LogP contribution in [0.5, 0.6) is 0 Å². The van der Waals surface area contributed by atoms with Crippen molar-refractivity contribution in [1.82, 2.24) is 9.80 Å². The number of nitrogens with two attached hydrogens (primary N) is 1. The predicted molar refractivity (Wildman–Crippen MR) is 82.4 cm³/mol. The van der Waals surface area contributed by atoms with Gasteiger partial charge in [-0.25, -0.2) is 0 Å². The lowest BCUT2D eigenvalue weighted by atomic mass is 9.87. The Kier molecular flexibility index (Phi) is 5.08. The first-order valence-electron chi connectivity index (χ1n) is 8.17. The minimum Gasteiger partial charge on any atom is -0.334 e. The smallest absolute Gasteiger partial charge is 0.240 e. The van der Waals surface area contributed by atoms with E-state index in [0.29, 0.717) is 18.1 Å². The van der Waals surface area contributed by atoms with Crippen LogP contribution in [0, 0.1) is 5.92 Å². The zero-order chi connectivity index (χ0) is 14.9. The van der Waals surface area contributed by atoms with Gasteiger partial charge in [0.1, 0.15) is 0 Å². The maximum atomic E-state index is 12.8. The zero-order valence-electron chi connectivity index (χ0n) is 13.5. The first-order valence-corrected chi connectivity index (χ1v) is 8.17. The van der Waals surface area contributed by atoms with E-state index in [2.05, 4.69) is 23.9 Å². The van der Waals surface area contributed by atoms with Gasteiger partial charge in [0.2, 0.25) is 5.91 Å². The first-order chi connectivity index (χ1) is 9.43. The Morgan fingerprint density at radius 1 is 1.05 bits per heavy atom. The monoisotopic (exact) mass is 281 g/mol. The van der Waals surface area contributed by atoms with Gasteiger partial charge >= 0.3 is 0 Å². The van der Waals surface area contributed by atoms with E-state index < -0.39 is 0 Å². The lowest BCUT2D eigenvalue weighted by Gasteiger charge is -2.44. The minimum absolute atomic E-state index is 0.182. The molecule has 2 fully saturated rings. The number of hydrogen-bond acceptors (Lipinski definition) is 3. The van der Waals surface area contributed by atoms with E-state index in [-0.39, 0.29) is 17.9 Å². The molecule has 2 N–H and O–H groups in total. The molecule has 4 heteroatoms. The molecule has 116 valence electrons. The normalized spacial score (nSPS) is 28.8. The fraction of sp³-hybridized carbons (Fsp3) is 0.938. The van der Waals surface area contributed by atoms with Crippen LogP contribution in [0.15, 0.2) is 0 Å². The molecule has 0 aromatic heterocycles. The number of nitrogens with zero attached hydrogens (tertiary/aromatic N) is 2. The highest BCUT2D eigenvalue weighted by atomic mass is 16.2. The van der Waals surface area contributed by atoms with Crippen molar-refractivity contribution < 1.29 is 4.79 Å². The van der Waals surface area contributed by atoms with E-state index in [9.17, 15) is 4.79 Å². The molecule has 0 aliphatic heterocycles. The number of carbonyl (C=O) groups is 1. The molecule has 20 heavy (non-hydrogen) atoms. The molecule has 0 unspecified atom stereocenters. The summed E-state index contributed by atoms with van der Waals surface area (Å²) in [6.07, 6.45) is 7.17. The number of likely N-dealkylation sites (N-methyl/N-ethyl adjacent to an activating group) is 1. The van der Waals surface area contributed by atoms with Crippen molar-refractivity contribution in [2.24, 2.45) is 11.7 Å². The third-order valence-electron chi connectivity index (χ3n) is 4.91. The van der Waals surface area contributed by atoms with Crippen molar-refractivity contribution in [1.29, 1.82) is 0 Å². The van der Waals surface area contributed by atoms with Crippen LogP contribution in [-0.2, 0) is 4.79 Å². The van der Waals surface area contributed by atoms with E-state index in [1.165, 1.54) is 19.3 Å². The van der Waals surface area contributed by atoms with Gasteiger partial charge in [-0.3, -0.25) is 4.79 Å². The molecule has 2 rings (SSSR count). The molecule has 0 bridgehead atoms. The molecule has 0 spiro atoms. The van der Waals surface area contributed by atoms with Crippen LogP contribution >= 0.6 is 0 Å². The molecule has 2 saturated carbocycles. The summed E-state index contributed by atoms with van der Waals surface area (Å²) in [6.45, 7) is 4.08. The Morgan fingerprint density at radius 2 is 1.60 bits per heavy atom. The van der Waals surface area contributed by atoms with E-state index in [1.54, 1.807) is 0 Å². The van der Waals surface area contributed by atoms with Gasteiger partial charge in [0.15, 0.2) is 0 Å². The Balaban J connectivity index is 2.16. The van der Waals surface area contributed by atoms with Gasteiger partial charge in [0, 0.05) is 18.1 Å². The Bertz CT molecular complexity index is 339. The van der Waals surface area contributed by atoms with E-state index in [4.69, 9.17) is 5.73 Å². The second-order valence-electron chi connectivity index (χ2n) is 7.13. The number of rotatable bonds is 5. The second-order valence-corrected chi connectivity index (χ2v) is 7.13. The molecular weight excluding hydrogens is 250 g/mol. The van der Waals surface area contributed by atoms with Gasteiger partial charge < -0.3 is 15.5 Å². The van der Waals surface area contributed by atoms with Crippen molar-refractivity contribution >= 4 is 5.91 Å². The molecule has 2 aliphatic rings. The van der Waals surface area contributed by atoms with Crippen molar-refractivity contribution in [3.63, 3.8) is 0 Å². The van der Waals surface area contributed by atoms with Crippen molar-refractivity contribution in [2.75, 3.05) is 14.1 Å². The van der Waals surface area contributed by atoms with Gasteiger partial charge in [-0.1, -0.05) is 26.7 Å². The summed E-state index contributed by atoms with van der Waals surface area (Å²) >= 11 is 0. The highest BCUT2D eigenvalue weighted by Crippen LogP contribution is 2.35. The zero-order valence-corrected chi connectivity index (χ0v) is 13.5. The third-order valence-corrected chi connectivity index (χ3v) is 4.91. The fourth-order valence-electron chi connectivity index (χ4n) is 3.44. The summed E-state index contributed by atoms with van der Waals surface area (Å²) in [5.74, 6) is 0.395. The van der Waals surface area contributed by atoms with Crippen LogP contribution < -0.4 is 5.73 Å². The first kappa shape index (κ1) is 15.8. The van der Waals surface area contributed by atoms with Crippen LogP contribution in [0.3, 0.4) is 0 Å². The molecule has 0 aromatic carbocycles. The van der Waals surface area contributed by atoms with Crippen LogP contribution in [0.2, 0.25) is 0 Å². The average Bonchev–Trinajstić information content (AvgIpc) is 3.22. The number of amides is 1. The molecule has 3 atom stereocenters. The van der Waals surface area contributed by atoms with Crippen molar-refractivity contribution in [3.05, 3.63) is 0 Å². The topological polar surface area (TPSA) is 49.6 Å². The predicted octanol–water partition coefficient (Wildman–Crippen LogP) is 1.83. The second kappa shape index (κ2) is 6.44. The molecule has 0 aromatic rings. The molecule has 2 aliphatic carbocycles. The van der Waals surface area contributed by atoms with E-state index in [0.717, 1.165) is 19.3 Å². The van der Waals surface area contributed by atoms with Crippen LogP contribution in [0.1, 0.15) is 52.4 Å². The SMILES string of the molecule is CC(C)[C@H](N)C(=O)N(C1CC1)[C@@H]1CCCC[C@@H]1N(C)C. The van der Waals surface area contributed by atoms with Gasteiger partial charge in [0.05, 0.1) is 6.04 Å². The molecule has 1 amide bonds.